The van der Waals surface area contributed by atoms with Gasteiger partial charge in [0.25, 0.3) is 5.91 Å². The number of carbonyl (C=O) groups excluding carboxylic acids is 1. The van der Waals surface area contributed by atoms with Crippen LogP contribution in [-0.2, 0) is 0 Å². The van der Waals surface area contributed by atoms with E-state index in [1.54, 1.807) is 0 Å². The first-order valence-electron chi connectivity index (χ1n) is 7.78. The number of hydrogen-bond acceptors (Lipinski definition) is 3. The predicted molar refractivity (Wildman–Crippen MR) is 82.2 cm³/mol. The monoisotopic (exact) mass is 283 g/mol. The smallest absolute Gasteiger partial charge is 0.272 e. The number of amides is 1. The van der Waals surface area contributed by atoms with E-state index in [-0.39, 0.29) is 11.9 Å². The molecule has 0 spiro atoms. The van der Waals surface area contributed by atoms with Crippen LogP contribution in [-0.4, -0.2) is 22.1 Å². The molecule has 1 atom stereocenters. The van der Waals surface area contributed by atoms with Crippen LogP contribution in [0.1, 0.15) is 49.5 Å². The van der Waals surface area contributed by atoms with Gasteiger partial charge in [-0.15, -0.1) is 10.2 Å². The molecule has 0 aromatic carbocycles. The maximum atomic E-state index is 12.5. The Kier molecular flexibility index (Phi) is 4.13. The molecule has 1 aliphatic heterocycles. The Morgan fingerprint density at radius 2 is 1.90 bits per heavy atom. The fraction of sp³-hybridized carbons (Fsp3) is 0.471. The highest BCUT2D eigenvalue weighted by Gasteiger charge is 2.24. The van der Waals surface area contributed by atoms with Gasteiger partial charge in [-0.2, -0.15) is 0 Å². The average molecular weight is 283 g/mol. The molecule has 1 amide bonds. The third-order valence-corrected chi connectivity index (χ3v) is 4.46. The summed E-state index contributed by atoms with van der Waals surface area (Å²) in [6.07, 6.45) is 6.31. The zero-order valence-electron chi connectivity index (χ0n) is 12.4. The second-order valence-corrected chi connectivity index (χ2v) is 5.92. The van der Waals surface area contributed by atoms with Crippen molar-refractivity contribution in [2.45, 2.75) is 45.1 Å². The van der Waals surface area contributed by atoms with Crippen LogP contribution in [0.25, 0.3) is 11.3 Å². The van der Waals surface area contributed by atoms with E-state index < -0.39 is 0 Å². The first-order chi connectivity index (χ1) is 10.3. The highest BCUT2D eigenvalue weighted by molar-refractivity contribution is 5.99. The van der Waals surface area contributed by atoms with Crippen molar-refractivity contribution in [1.82, 2.24) is 15.5 Å². The Labute approximate surface area is 125 Å². The molecule has 2 aliphatic carbocycles. The van der Waals surface area contributed by atoms with Crippen LogP contribution in [0.5, 0.6) is 0 Å². The Hall–Kier alpha value is -1.97. The molecule has 1 fully saturated rings. The summed E-state index contributed by atoms with van der Waals surface area (Å²) < 4.78 is 0. The van der Waals surface area contributed by atoms with Crippen molar-refractivity contribution in [2.75, 3.05) is 0 Å². The molecule has 1 saturated carbocycles. The zero-order chi connectivity index (χ0) is 14.7. The number of nitrogens with one attached hydrogen (secondary N) is 1. The quantitative estimate of drug-likeness (QED) is 0.940. The number of rotatable bonds is 3. The minimum absolute atomic E-state index is 0.109. The summed E-state index contributed by atoms with van der Waals surface area (Å²) in [6, 6.07) is 9.71. The molecule has 1 N–H and O–H groups in total. The molecule has 0 unspecified atom stereocenters. The predicted octanol–water partition coefficient (Wildman–Crippen LogP) is 3.28. The number of hydrogen-bond donors (Lipinski definition) is 1. The number of nitrogens with zero attached hydrogens (tertiary/aromatic N) is 2. The normalized spacial score (nSPS) is 17.6. The van der Waals surface area contributed by atoms with Crippen molar-refractivity contribution in [1.29, 1.82) is 0 Å². The Balaban J connectivity index is 1.73. The maximum absolute atomic E-state index is 12.5. The Bertz CT molecular complexity index is 592. The van der Waals surface area contributed by atoms with Crippen LogP contribution in [0.2, 0.25) is 0 Å². The van der Waals surface area contributed by atoms with Gasteiger partial charge in [0.1, 0.15) is 0 Å². The molecule has 3 rings (SSSR count). The number of aromatic nitrogens is 2. The van der Waals surface area contributed by atoms with E-state index in [4.69, 9.17) is 0 Å². The van der Waals surface area contributed by atoms with Gasteiger partial charge in [0.2, 0.25) is 0 Å². The van der Waals surface area contributed by atoms with Gasteiger partial charge in [-0.1, -0.05) is 43.5 Å². The highest BCUT2D eigenvalue weighted by atomic mass is 16.2. The van der Waals surface area contributed by atoms with E-state index in [9.17, 15) is 4.79 Å². The van der Waals surface area contributed by atoms with E-state index >= 15 is 0 Å². The molecule has 0 bridgehead atoms. The topological polar surface area (TPSA) is 54.9 Å². The lowest BCUT2D eigenvalue weighted by Gasteiger charge is -2.28. The molecular formula is C17H21N3O. The number of carbonyl (C=O) groups is 1. The fourth-order valence-electron chi connectivity index (χ4n) is 3.18. The molecule has 3 aliphatic rings. The van der Waals surface area contributed by atoms with E-state index in [0.717, 1.165) is 11.3 Å². The van der Waals surface area contributed by atoms with Crippen LogP contribution in [0.3, 0.4) is 0 Å². The van der Waals surface area contributed by atoms with Gasteiger partial charge in [-0.3, -0.25) is 4.79 Å². The summed E-state index contributed by atoms with van der Waals surface area (Å²) in [5.74, 6) is 0.481. The SMILES string of the molecule is C[C@H](NC(=O)c1nnc2cccccc1-2)C1CCCCC1. The molecule has 0 aromatic heterocycles. The van der Waals surface area contributed by atoms with Gasteiger partial charge < -0.3 is 5.32 Å². The average Bonchev–Trinajstić information content (AvgIpc) is 2.77. The van der Waals surface area contributed by atoms with E-state index in [1.165, 1.54) is 32.1 Å². The molecule has 4 heteroatoms. The molecular weight excluding hydrogens is 262 g/mol. The van der Waals surface area contributed by atoms with Gasteiger partial charge in [-0.25, -0.2) is 0 Å². The minimum atomic E-state index is -0.109. The summed E-state index contributed by atoms with van der Waals surface area (Å²) >= 11 is 0. The Morgan fingerprint density at radius 1 is 1.14 bits per heavy atom. The fourth-order valence-corrected chi connectivity index (χ4v) is 3.18. The third kappa shape index (κ3) is 3.04. The van der Waals surface area contributed by atoms with Gasteiger partial charge in [-0.05, 0) is 31.7 Å². The molecule has 4 nitrogen and oxygen atoms in total. The molecule has 110 valence electrons. The first-order valence-corrected chi connectivity index (χ1v) is 7.78. The Morgan fingerprint density at radius 3 is 2.71 bits per heavy atom. The summed E-state index contributed by atoms with van der Waals surface area (Å²) in [7, 11) is 0. The summed E-state index contributed by atoms with van der Waals surface area (Å²) in [4.78, 5) is 12.5. The summed E-state index contributed by atoms with van der Waals surface area (Å²) in [5, 5.41) is 11.3. The van der Waals surface area contributed by atoms with Crippen molar-refractivity contribution in [3.8, 4) is 11.3 Å². The number of fused-ring (bicyclic) bond motifs is 1. The van der Waals surface area contributed by atoms with Crippen molar-refractivity contribution < 1.29 is 4.79 Å². The minimum Gasteiger partial charge on any atom is -0.348 e. The molecule has 21 heavy (non-hydrogen) atoms. The van der Waals surface area contributed by atoms with Crippen molar-refractivity contribution in [3.63, 3.8) is 0 Å². The third-order valence-electron chi connectivity index (χ3n) is 4.46. The van der Waals surface area contributed by atoms with Crippen molar-refractivity contribution >= 4 is 5.91 Å². The van der Waals surface area contributed by atoms with Gasteiger partial charge in [0, 0.05) is 11.6 Å². The van der Waals surface area contributed by atoms with Crippen LogP contribution < -0.4 is 5.32 Å². The van der Waals surface area contributed by atoms with Crippen LogP contribution in [0.4, 0.5) is 0 Å². The van der Waals surface area contributed by atoms with Gasteiger partial charge >= 0.3 is 0 Å². The molecule has 0 saturated heterocycles. The van der Waals surface area contributed by atoms with Gasteiger partial charge in [0.15, 0.2) is 5.69 Å². The van der Waals surface area contributed by atoms with Crippen molar-refractivity contribution in [3.05, 3.63) is 36.0 Å². The maximum Gasteiger partial charge on any atom is 0.272 e. The first kappa shape index (κ1) is 14.0. The van der Waals surface area contributed by atoms with Gasteiger partial charge in [0.05, 0.1) is 5.69 Å². The lowest BCUT2D eigenvalue weighted by Crippen LogP contribution is -2.39. The zero-order valence-corrected chi connectivity index (χ0v) is 12.4. The largest absolute Gasteiger partial charge is 0.348 e. The lowest BCUT2D eigenvalue weighted by atomic mass is 9.84. The van der Waals surface area contributed by atoms with Crippen LogP contribution >= 0.6 is 0 Å². The second-order valence-electron chi connectivity index (χ2n) is 5.92. The molecule has 1 heterocycles. The second kappa shape index (κ2) is 6.20. The summed E-state index contributed by atoms with van der Waals surface area (Å²) in [6.45, 7) is 2.10. The van der Waals surface area contributed by atoms with E-state index in [2.05, 4.69) is 22.4 Å². The standard InChI is InChI=1S/C17H21N3O/c1-12(13-8-4-2-5-9-13)18-17(21)16-14-10-6-3-7-11-15(14)19-20-16/h3,6-7,10-13H,2,4-5,8-9H2,1H3,(H,18,21)/t12-/m0/s1. The van der Waals surface area contributed by atoms with Crippen molar-refractivity contribution in [2.24, 2.45) is 5.92 Å². The van der Waals surface area contributed by atoms with Crippen LogP contribution in [0, 0.1) is 5.92 Å². The lowest BCUT2D eigenvalue weighted by molar-refractivity contribution is 0.0915. The molecule has 0 aromatic rings. The molecule has 0 radical (unpaired) electrons. The van der Waals surface area contributed by atoms with E-state index in [1.807, 2.05) is 30.3 Å². The van der Waals surface area contributed by atoms with Crippen LogP contribution in [0.15, 0.2) is 30.3 Å². The van der Waals surface area contributed by atoms with E-state index in [0.29, 0.717) is 11.6 Å². The highest BCUT2D eigenvalue weighted by Crippen LogP contribution is 2.27. The summed E-state index contributed by atoms with van der Waals surface area (Å²) in [5.41, 5.74) is 2.01.